The molecule has 1 aromatic carbocycles. The summed E-state index contributed by atoms with van der Waals surface area (Å²) in [6, 6.07) is 6.21. The van der Waals surface area contributed by atoms with Crippen molar-refractivity contribution < 1.29 is 0 Å². The van der Waals surface area contributed by atoms with Crippen LogP contribution < -0.4 is 5.32 Å². The zero-order valence-corrected chi connectivity index (χ0v) is 13.3. The Labute approximate surface area is 121 Å². The van der Waals surface area contributed by atoms with E-state index >= 15 is 0 Å². The minimum Gasteiger partial charge on any atom is -0.361 e. The number of fused-ring (bicyclic) bond motifs is 1. The Kier molecular flexibility index (Phi) is 5.01. The molecule has 2 rings (SSSR count). The van der Waals surface area contributed by atoms with Crippen LogP contribution in [0.5, 0.6) is 0 Å². The summed E-state index contributed by atoms with van der Waals surface area (Å²) in [5.41, 5.74) is 1.08. The van der Waals surface area contributed by atoms with Crippen molar-refractivity contribution in [2.45, 2.75) is 33.1 Å². The van der Waals surface area contributed by atoms with Gasteiger partial charge in [-0.1, -0.05) is 54.0 Å². The molecule has 0 saturated carbocycles. The standard InChI is InChI=1S/C14H19BrN2S/c1-10(2)5-3-4-8-16-14-17-12-7-6-11(15)9-13(12)18-14/h6-7,9-10H,3-5,8H2,1-2H3,(H,16,17). The number of benzene rings is 1. The van der Waals surface area contributed by atoms with Crippen LogP contribution in [0.4, 0.5) is 5.13 Å². The minimum absolute atomic E-state index is 0.810. The maximum atomic E-state index is 4.57. The Hall–Kier alpha value is -0.610. The second-order valence-electron chi connectivity index (χ2n) is 4.95. The number of anilines is 1. The van der Waals surface area contributed by atoms with Gasteiger partial charge in [-0.25, -0.2) is 4.98 Å². The Bertz CT molecular complexity index is 507. The van der Waals surface area contributed by atoms with E-state index in [1.165, 1.54) is 24.0 Å². The summed E-state index contributed by atoms with van der Waals surface area (Å²) >= 11 is 5.21. The summed E-state index contributed by atoms with van der Waals surface area (Å²) in [7, 11) is 0. The van der Waals surface area contributed by atoms with Crippen LogP contribution in [0.1, 0.15) is 33.1 Å². The molecule has 0 aliphatic heterocycles. The smallest absolute Gasteiger partial charge is 0.183 e. The van der Waals surface area contributed by atoms with E-state index in [-0.39, 0.29) is 0 Å². The molecule has 0 aliphatic rings. The molecule has 2 nitrogen and oxygen atoms in total. The van der Waals surface area contributed by atoms with Crippen LogP contribution in [0, 0.1) is 5.92 Å². The summed E-state index contributed by atoms with van der Waals surface area (Å²) in [4.78, 5) is 4.57. The van der Waals surface area contributed by atoms with E-state index in [2.05, 4.69) is 52.2 Å². The van der Waals surface area contributed by atoms with E-state index in [0.29, 0.717) is 0 Å². The fraction of sp³-hybridized carbons (Fsp3) is 0.500. The summed E-state index contributed by atoms with van der Waals surface area (Å²) in [6.45, 7) is 5.57. The van der Waals surface area contributed by atoms with Crippen LogP contribution in [0.2, 0.25) is 0 Å². The van der Waals surface area contributed by atoms with Gasteiger partial charge >= 0.3 is 0 Å². The topological polar surface area (TPSA) is 24.9 Å². The van der Waals surface area contributed by atoms with Gasteiger partial charge in [0.2, 0.25) is 0 Å². The monoisotopic (exact) mass is 326 g/mol. The van der Waals surface area contributed by atoms with Gasteiger partial charge in [0.25, 0.3) is 0 Å². The third-order valence-corrected chi connectivity index (χ3v) is 4.30. The largest absolute Gasteiger partial charge is 0.361 e. The first-order chi connectivity index (χ1) is 8.65. The van der Waals surface area contributed by atoms with E-state index in [1.54, 1.807) is 11.3 Å². The number of hydrogen-bond donors (Lipinski definition) is 1. The molecule has 0 spiro atoms. The van der Waals surface area contributed by atoms with Crippen molar-refractivity contribution in [2.24, 2.45) is 5.92 Å². The molecule has 0 atom stereocenters. The Morgan fingerprint density at radius 3 is 2.94 bits per heavy atom. The number of nitrogens with zero attached hydrogens (tertiary/aromatic N) is 1. The molecule has 18 heavy (non-hydrogen) atoms. The van der Waals surface area contributed by atoms with Gasteiger partial charge in [0.1, 0.15) is 0 Å². The lowest BCUT2D eigenvalue weighted by Crippen LogP contribution is -2.01. The van der Waals surface area contributed by atoms with Gasteiger partial charge < -0.3 is 5.32 Å². The Morgan fingerprint density at radius 1 is 1.33 bits per heavy atom. The molecule has 2 aromatic rings. The van der Waals surface area contributed by atoms with E-state index < -0.39 is 0 Å². The number of rotatable bonds is 6. The molecule has 1 heterocycles. The zero-order chi connectivity index (χ0) is 13.0. The highest BCUT2D eigenvalue weighted by atomic mass is 79.9. The summed E-state index contributed by atoms with van der Waals surface area (Å²) in [5, 5.41) is 4.45. The molecule has 4 heteroatoms. The third kappa shape index (κ3) is 3.95. The van der Waals surface area contributed by atoms with E-state index in [0.717, 1.165) is 27.6 Å². The molecule has 0 fully saturated rings. The molecular formula is C14H19BrN2S. The quantitative estimate of drug-likeness (QED) is 0.729. The predicted molar refractivity (Wildman–Crippen MR) is 84.5 cm³/mol. The van der Waals surface area contributed by atoms with Crippen molar-refractivity contribution in [1.29, 1.82) is 0 Å². The molecule has 1 aromatic heterocycles. The number of hydrogen-bond acceptors (Lipinski definition) is 3. The average Bonchev–Trinajstić information content (AvgIpc) is 2.70. The SMILES string of the molecule is CC(C)CCCCNc1nc2ccc(Br)cc2s1. The van der Waals surface area contributed by atoms with Crippen LogP contribution in [-0.4, -0.2) is 11.5 Å². The lowest BCUT2D eigenvalue weighted by Gasteiger charge is -2.04. The van der Waals surface area contributed by atoms with Crippen molar-refractivity contribution in [3.05, 3.63) is 22.7 Å². The van der Waals surface area contributed by atoms with E-state index in [1.807, 2.05) is 6.07 Å². The van der Waals surface area contributed by atoms with Gasteiger partial charge in [-0.15, -0.1) is 0 Å². The fourth-order valence-electron chi connectivity index (χ4n) is 1.85. The first kappa shape index (κ1) is 13.8. The number of thiazole rings is 1. The van der Waals surface area contributed by atoms with Crippen molar-refractivity contribution in [2.75, 3.05) is 11.9 Å². The van der Waals surface area contributed by atoms with Gasteiger partial charge in [0.15, 0.2) is 5.13 Å². The van der Waals surface area contributed by atoms with E-state index in [9.17, 15) is 0 Å². The van der Waals surface area contributed by atoms with Crippen LogP contribution in [0.3, 0.4) is 0 Å². The zero-order valence-electron chi connectivity index (χ0n) is 10.9. The molecule has 0 amide bonds. The Morgan fingerprint density at radius 2 is 2.17 bits per heavy atom. The average molecular weight is 327 g/mol. The van der Waals surface area contributed by atoms with Gasteiger partial charge in [0, 0.05) is 11.0 Å². The molecule has 0 unspecified atom stereocenters. The normalized spacial score (nSPS) is 11.3. The summed E-state index contributed by atoms with van der Waals surface area (Å²) in [6.07, 6.45) is 3.83. The lowest BCUT2D eigenvalue weighted by atomic mass is 10.1. The number of halogens is 1. The van der Waals surface area contributed by atoms with Crippen LogP contribution >= 0.6 is 27.3 Å². The predicted octanol–water partition coefficient (Wildman–Crippen LogP) is 5.30. The Balaban J connectivity index is 1.84. The summed E-state index contributed by atoms with van der Waals surface area (Å²) in [5.74, 6) is 0.810. The lowest BCUT2D eigenvalue weighted by molar-refractivity contribution is 0.545. The maximum absolute atomic E-state index is 4.57. The second kappa shape index (κ2) is 6.53. The third-order valence-electron chi connectivity index (χ3n) is 2.83. The van der Waals surface area contributed by atoms with Crippen molar-refractivity contribution in [1.82, 2.24) is 4.98 Å². The number of nitrogens with one attached hydrogen (secondary N) is 1. The molecule has 0 radical (unpaired) electrons. The number of unbranched alkanes of at least 4 members (excludes halogenated alkanes) is 1. The maximum Gasteiger partial charge on any atom is 0.183 e. The van der Waals surface area contributed by atoms with Gasteiger partial charge in [-0.05, 0) is 30.5 Å². The fourth-order valence-corrected chi connectivity index (χ4v) is 3.29. The van der Waals surface area contributed by atoms with Gasteiger partial charge in [-0.2, -0.15) is 0 Å². The second-order valence-corrected chi connectivity index (χ2v) is 6.89. The molecule has 0 bridgehead atoms. The van der Waals surface area contributed by atoms with Crippen molar-refractivity contribution in [3.8, 4) is 0 Å². The van der Waals surface area contributed by atoms with Crippen LogP contribution in [0.15, 0.2) is 22.7 Å². The highest BCUT2D eigenvalue weighted by Gasteiger charge is 2.03. The van der Waals surface area contributed by atoms with E-state index in [4.69, 9.17) is 0 Å². The highest BCUT2D eigenvalue weighted by molar-refractivity contribution is 9.10. The minimum atomic E-state index is 0.810. The molecule has 0 aliphatic carbocycles. The summed E-state index contributed by atoms with van der Waals surface area (Å²) < 4.78 is 2.34. The van der Waals surface area contributed by atoms with Gasteiger partial charge in [0.05, 0.1) is 10.2 Å². The first-order valence-corrected chi connectivity index (χ1v) is 8.06. The van der Waals surface area contributed by atoms with Crippen LogP contribution in [0.25, 0.3) is 10.2 Å². The van der Waals surface area contributed by atoms with Crippen molar-refractivity contribution in [3.63, 3.8) is 0 Å². The number of aromatic nitrogens is 1. The van der Waals surface area contributed by atoms with Crippen LogP contribution in [-0.2, 0) is 0 Å². The highest BCUT2D eigenvalue weighted by Crippen LogP contribution is 2.28. The molecule has 98 valence electrons. The van der Waals surface area contributed by atoms with Crippen molar-refractivity contribution >= 4 is 42.6 Å². The molecular weight excluding hydrogens is 308 g/mol. The van der Waals surface area contributed by atoms with Gasteiger partial charge in [-0.3, -0.25) is 0 Å². The molecule has 1 N–H and O–H groups in total. The molecule has 0 saturated heterocycles. The first-order valence-electron chi connectivity index (χ1n) is 6.45.